The summed E-state index contributed by atoms with van der Waals surface area (Å²) in [6.07, 6.45) is 0.977. The summed E-state index contributed by atoms with van der Waals surface area (Å²) < 4.78 is 5.12. The third-order valence-electron chi connectivity index (χ3n) is 4.39. The van der Waals surface area contributed by atoms with Crippen molar-refractivity contribution in [3.63, 3.8) is 0 Å². The maximum absolute atomic E-state index is 12.4. The number of aromatic nitrogens is 1. The number of benzene rings is 2. The molecule has 0 unspecified atom stereocenters. The van der Waals surface area contributed by atoms with Crippen LogP contribution >= 0.6 is 11.3 Å². The summed E-state index contributed by atoms with van der Waals surface area (Å²) in [6, 6.07) is 15.0. The molecule has 0 aliphatic rings. The average Bonchev–Trinajstić information content (AvgIpc) is 3.02. The number of amides is 1. The van der Waals surface area contributed by atoms with Gasteiger partial charge >= 0.3 is 0 Å². The average molecular weight is 396 g/mol. The lowest BCUT2D eigenvalue weighted by atomic mass is 10.1. The molecule has 146 valence electrons. The van der Waals surface area contributed by atoms with Crippen molar-refractivity contribution < 1.29 is 9.53 Å². The lowest BCUT2D eigenvalue weighted by molar-refractivity contribution is 0.102. The van der Waals surface area contributed by atoms with Crippen molar-refractivity contribution in [2.75, 3.05) is 19.0 Å². The first-order valence-corrected chi connectivity index (χ1v) is 10.0. The Morgan fingerprint density at radius 2 is 1.93 bits per heavy atom. The van der Waals surface area contributed by atoms with Gasteiger partial charge in [-0.2, -0.15) is 0 Å². The van der Waals surface area contributed by atoms with Crippen LogP contribution in [0, 0.1) is 13.8 Å². The van der Waals surface area contributed by atoms with Crippen LogP contribution in [-0.2, 0) is 13.0 Å². The van der Waals surface area contributed by atoms with Crippen molar-refractivity contribution in [3.05, 3.63) is 75.2 Å². The van der Waals surface area contributed by atoms with Crippen molar-refractivity contribution in [1.82, 2.24) is 10.3 Å². The van der Waals surface area contributed by atoms with Crippen molar-refractivity contribution in [2.24, 2.45) is 0 Å². The first-order chi connectivity index (χ1) is 13.5. The van der Waals surface area contributed by atoms with Crippen LogP contribution in [0.3, 0.4) is 0 Å². The number of rotatable bonds is 8. The molecule has 2 N–H and O–H groups in total. The van der Waals surface area contributed by atoms with E-state index in [1.807, 2.05) is 25.1 Å². The molecular formula is C22H25N3O2S. The van der Waals surface area contributed by atoms with E-state index >= 15 is 0 Å². The third kappa shape index (κ3) is 5.41. The van der Waals surface area contributed by atoms with Crippen molar-refractivity contribution in [3.8, 4) is 5.75 Å². The Balaban J connectivity index is 1.51. The SMILES string of the molecule is COc1ccc(C(=O)Nc2cccc(CNCCc3sc(C)nc3C)c2)cc1. The minimum Gasteiger partial charge on any atom is -0.497 e. The zero-order valence-corrected chi connectivity index (χ0v) is 17.2. The molecule has 1 aromatic heterocycles. The van der Waals surface area contributed by atoms with Gasteiger partial charge in [-0.15, -0.1) is 11.3 Å². The predicted octanol–water partition coefficient (Wildman–Crippen LogP) is 4.35. The lowest BCUT2D eigenvalue weighted by Gasteiger charge is -2.09. The van der Waals surface area contributed by atoms with Crippen LogP contribution < -0.4 is 15.4 Å². The zero-order valence-electron chi connectivity index (χ0n) is 16.4. The van der Waals surface area contributed by atoms with Gasteiger partial charge in [0, 0.05) is 29.2 Å². The van der Waals surface area contributed by atoms with E-state index in [1.165, 1.54) is 4.88 Å². The van der Waals surface area contributed by atoms with Crippen LogP contribution in [-0.4, -0.2) is 24.5 Å². The number of nitrogens with one attached hydrogen (secondary N) is 2. The molecule has 6 heteroatoms. The summed E-state index contributed by atoms with van der Waals surface area (Å²) in [5.41, 5.74) is 3.64. The Hall–Kier alpha value is -2.70. The summed E-state index contributed by atoms with van der Waals surface area (Å²) >= 11 is 1.76. The highest BCUT2D eigenvalue weighted by Crippen LogP contribution is 2.18. The van der Waals surface area contributed by atoms with Gasteiger partial charge in [0.15, 0.2) is 0 Å². The molecule has 0 spiro atoms. The van der Waals surface area contributed by atoms with Gasteiger partial charge in [-0.3, -0.25) is 4.79 Å². The minimum absolute atomic E-state index is 0.135. The van der Waals surface area contributed by atoms with E-state index in [-0.39, 0.29) is 5.91 Å². The highest BCUT2D eigenvalue weighted by atomic mass is 32.1. The van der Waals surface area contributed by atoms with E-state index in [4.69, 9.17) is 4.74 Å². The fourth-order valence-corrected chi connectivity index (χ4v) is 3.88. The molecule has 0 aliphatic carbocycles. The molecule has 28 heavy (non-hydrogen) atoms. The van der Waals surface area contributed by atoms with Crippen molar-refractivity contribution in [2.45, 2.75) is 26.8 Å². The molecule has 2 aromatic carbocycles. The molecule has 0 saturated heterocycles. The van der Waals surface area contributed by atoms with E-state index in [2.05, 4.69) is 28.6 Å². The fourth-order valence-electron chi connectivity index (χ4n) is 2.94. The minimum atomic E-state index is -0.135. The van der Waals surface area contributed by atoms with Crippen molar-refractivity contribution in [1.29, 1.82) is 0 Å². The molecule has 0 radical (unpaired) electrons. The topological polar surface area (TPSA) is 63.2 Å². The molecule has 0 bridgehead atoms. The molecule has 1 heterocycles. The molecular weight excluding hydrogens is 370 g/mol. The van der Waals surface area contributed by atoms with E-state index in [0.29, 0.717) is 5.56 Å². The summed E-state index contributed by atoms with van der Waals surface area (Å²) in [7, 11) is 1.61. The van der Waals surface area contributed by atoms with Gasteiger partial charge in [0.1, 0.15) is 5.75 Å². The number of nitrogens with zero attached hydrogens (tertiary/aromatic N) is 1. The number of hydrogen-bond donors (Lipinski definition) is 2. The molecule has 3 rings (SSSR count). The summed E-state index contributed by atoms with van der Waals surface area (Å²) in [6.45, 7) is 5.75. The normalized spacial score (nSPS) is 10.7. The molecule has 0 fully saturated rings. The Bertz CT molecular complexity index is 935. The summed E-state index contributed by atoms with van der Waals surface area (Å²) in [4.78, 5) is 18.2. The van der Waals surface area contributed by atoms with Crippen LogP contribution in [0.5, 0.6) is 5.75 Å². The number of carbonyl (C=O) groups is 1. The molecule has 0 aliphatic heterocycles. The predicted molar refractivity (Wildman–Crippen MR) is 114 cm³/mol. The second-order valence-electron chi connectivity index (χ2n) is 6.55. The van der Waals surface area contributed by atoms with Gasteiger partial charge in [0.2, 0.25) is 0 Å². The van der Waals surface area contributed by atoms with Crippen LogP contribution in [0.1, 0.15) is 31.5 Å². The Morgan fingerprint density at radius 1 is 1.14 bits per heavy atom. The zero-order chi connectivity index (χ0) is 19.9. The molecule has 0 atom stereocenters. The molecule has 5 nitrogen and oxygen atoms in total. The van der Waals surface area contributed by atoms with Gasteiger partial charge in [0.25, 0.3) is 5.91 Å². The second kappa shape index (κ2) is 9.48. The quantitative estimate of drug-likeness (QED) is 0.557. The van der Waals surface area contributed by atoms with Gasteiger partial charge in [-0.25, -0.2) is 4.98 Å². The van der Waals surface area contributed by atoms with Crippen LogP contribution in [0.2, 0.25) is 0 Å². The van der Waals surface area contributed by atoms with Crippen molar-refractivity contribution >= 4 is 22.9 Å². The van der Waals surface area contributed by atoms with Gasteiger partial charge in [-0.05, 0) is 62.2 Å². The Labute approximate surface area is 169 Å². The van der Waals surface area contributed by atoms with Gasteiger partial charge in [0.05, 0.1) is 17.8 Å². The highest BCUT2D eigenvalue weighted by molar-refractivity contribution is 7.11. The van der Waals surface area contributed by atoms with Crippen LogP contribution in [0.15, 0.2) is 48.5 Å². The first-order valence-electron chi connectivity index (χ1n) is 9.23. The largest absolute Gasteiger partial charge is 0.497 e. The molecule has 1 amide bonds. The second-order valence-corrected chi connectivity index (χ2v) is 7.84. The number of hydrogen-bond acceptors (Lipinski definition) is 5. The van der Waals surface area contributed by atoms with E-state index in [0.717, 1.165) is 47.2 Å². The number of ether oxygens (including phenoxy) is 1. The van der Waals surface area contributed by atoms with Gasteiger partial charge < -0.3 is 15.4 Å². The summed E-state index contributed by atoms with van der Waals surface area (Å²) in [5.74, 6) is 0.595. The Kier molecular flexibility index (Phi) is 6.79. The Morgan fingerprint density at radius 3 is 2.61 bits per heavy atom. The monoisotopic (exact) mass is 395 g/mol. The number of aryl methyl sites for hydroxylation is 2. The van der Waals surface area contributed by atoms with Crippen LogP contribution in [0.4, 0.5) is 5.69 Å². The molecule has 0 saturated carbocycles. The van der Waals surface area contributed by atoms with E-state index in [9.17, 15) is 4.79 Å². The number of thiazole rings is 1. The number of carbonyl (C=O) groups excluding carboxylic acids is 1. The third-order valence-corrected chi connectivity index (χ3v) is 5.53. The highest BCUT2D eigenvalue weighted by Gasteiger charge is 2.07. The van der Waals surface area contributed by atoms with Crippen LogP contribution in [0.25, 0.3) is 0 Å². The standard InChI is InChI=1S/C22H25N3O2S/c1-15-21(28-16(2)24-15)11-12-23-14-17-5-4-6-19(13-17)25-22(26)18-7-9-20(27-3)10-8-18/h4-10,13,23H,11-12,14H2,1-3H3,(H,25,26). The number of anilines is 1. The molecule has 3 aromatic rings. The fraction of sp³-hybridized carbons (Fsp3) is 0.273. The maximum atomic E-state index is 12.4. The summed E-state index contributed by atoms with van der Waals surface area (Å²) in [5, 5.41) is 7.53. The maximum Gasteiger partial charge on any atom is 0.255 e. The lowest BCUT2D eigenvalue weighted by Crippen LogP contribution is -2.17. The number of methoxy groups -OCH3 is 1. The van der Waals surface area contributed by atoms with E-state index in [1.54, 1.807) is 42.7 Å². The smallest absolute Gasteiger partial charge is 0.255 e. The van der Waals surface area contributed by atoms with Gasteiger partial charge in [-0.1, -0.05) is 12.1 Å². The first kappa shape index (κ1) is 20.0. The van der Waals surface area contributed by atoms with E-state index < -0.39 is 0 Å².